The Labute approximate surface area is 141 Å². The fraction of sp³-hybridized carbons (Fsp3) is 0.143. The van der Waals surface area contributed by atoms with Crippen molar-refractivity contribution in [1.82, 2.24) is 0 Å². The molecule has 0 fully saturated rings. The lowest BCUT2D eigenvalue weighted by molar-refractivity contribution is -0.598. The number of nitro groups is 2. The molecule has 0 aromatic heterocycles. The second kappa shape index (κ2) is 7.22. The predicted octanol–water partition coefficient (Wildman–Crippen LogP) is -0.351. The van der Waals surface area contributed by atoms with Gasteiger partial charge in [0, 0.05) is 0 Å². The number of halogens is 1. The molecule has 0 N–H and O–H groups in total. The van der Waals surface area contributed by atoms with Gasteiger partial charge in [0.25, 0.3) is 0 Å². The molecule has 0 aliphatic heterocycles. The van der Waals surface area contributed by atoms with Crippen molar-refractivity contribution in [2.75, 3.05) is 14.2 Å². The first-order valence-corrected chi connectivity index (χ1v) is 8.41. The van der Waals surface area contributed by atoms with E-state index >= 15 is 0 Å². The molecule has 0 amide bonds. The Bertz CT molecular complexity index is 701. The highest BCUT2D eigenvalue weighted by Crippen LogP contribution is 2.26. The molecule has 0 aliphatic carbocycles. The van der Waals surface area contributed by atoms with Crippen molar-refractivity contribution in [3.05, 3.63) is 63.8 Å². The average molecular weight is 431 g/mol. The molecule has 2 aromatic carbocycles. The second-order valence-electron chi connectivity index (χ2n) is 4.24. The van der Waals surface area contributed by atoms with Crippen LogP contribution in [-0.4, -0.2) is 24.1 Å². The van der Waals surface area contributed by atoms with Crippen LogP contribution in [0.3, 0.4) is 0 Å². The maximum atomic E-state index is 11.0. The number of hydrogen-bond donors (Lipinski definition) is 0. The highest BCUT2D eigenvalue weighted by Gasteiger charge is 2.26. The zero-order chi connectivity index (χ0) is 17.0. The van der Waals surface area contributed by atoms with Crippen molar-refractivity contribution in [1.29, 1.82) is 0 Å². The number of ether oxygens (including phenoxy) is 2. The first kappa shape index (κ1) is 16.9. The topological polar surface area (TPSA) is 105 Å². The van der Waals surface area contributed by atoms with Gasteiger partial charge < -0.3 is 9.47 Å². The quantitative estimate of drug-likeness (QED) is 0.352. The van der Waals surface area contributed by atoms with Gasteiger partial charge in [-0.05, 0) is 24.3 Å². The summed E-state index contributed by atoms with van der Waals surface area (Å²) in [6.45, 7) is 0. The van der Waals surface area contributed by atoms with Gasteiger partial charge in [-0.1, -0.05) is 0 Å². The molecular weight excluding hydrogens is 419 g/mol. The van der Waals surface area contributed by atoms with E-state index < -0.39 is 31.1 Å². The fourth-order valence-corrected chi connectivity index (χ4v) is 4.19. The Balaban J connectivity index is 2.36. The van der Waals surface area contributed by atoms with E-state index in [-0.39, 0.29) is 22.9 Å². The van der Waals surface area contributed by atoms with Crippen molar-refractivity contribution in [3.8, 4) is 11.5 Å². The average Bonchev–Trinajstić information content (AvgIpc) is 2.54. The number of nitrogens with zero attached hydrogens (tertiary/aromatic N) is 2. The molecule has 0 saturated heterocycles. The number of benzene rings is 2. The van der Waals surface area contributed by atoms with E-state index in [4.69, 9.17) is 9.47 Å². The number of rotatable bonds is 6. The second-order valence-corrected chi connectivity index (χ2v) is 7.27. The highest BCUT2D eigenvalue weighted by molar-refractivity contribution is 5.46. The van der Waals surface area contributed by atoms with Crippen LogP contribution in [0.1, 0.15) is 0 Å². The van der Waals surface area contributed by atoms with Crippen molar-refractivity contribution < 1.29 is 40.5 Å². The minimum absolute atomic E-state index is 0.118. The first-order valence-electron chi connectivity index (χ1n) is 6.26. The van der Waals surface area contributed by atoms with Gasteiger partial charge in [0.15, 0.2) is 11.5 Å². The molecule has 0 bridgehead atoms. The van der Waals surface area contributed by atoms with Crippen LogP contribution in [0.15, 0.2) is 36.4 Å². The summed E-state index contributed by atoms with van der Waals surface area (Å²) in [5.74, 6) is 0.368. The zero-order valence-electron chi connectivity index (χ0n) is 12.2. The van der Waals surface area contributed by atoms with E-state index in [9.17, 15) is 20.2 Å². The van der Waals surface area contributed by atoms with Gasteiger partial charge in [-0.15, -0.1) is 0 Å². The monoisotopic (exact) mass is 431 g/mol. The van der Waals surface area contributed by atoms with Gasteiger partial charge in [-0.3, -0.25) is 20.2 Å². The first-order chi connectivity index (χ1) is 11.0. The van der Waals surface area contributed by atoms with E-state index in [1.54, 1.807) is 12.1 Å². The minimum atomic E-state index is -0.812. The summed E-state index contributed by atoms with van der Waals surface area (Å²) in [6, 6.07) is 9.42. The molecule has 2 rings (SSSR count). The largest absolute Gasteiger partial charge is 0.490 e. The van der Waals surface area contributed by atoms with E-state index in [0.29, 0.717) is 0 Å². The van der Waals surface area contributed by atoms with E-state index in [2.05, 4.69) is 0 Å². The van der Waals surface area contributed by atoms with Crippen LogP contribution in [0, 0.1) is 27.4 Å². The van der Waals surface area contributed by atoms with Crippen LogP contribution in [0.2, 0.25) is 0 Å². The predicted molar refractivity (Wildman–Crippen MR) is 76.7 cm³/mol. The van der Waals surface area contributed by atoms with Crippen LogP contribution < -0.4 is 30.7 Å². The number of methoxy groups -OCH3 is 2. The molecule has 9 heteroatoms. The van der Waals surface area contributed by atoms with Crippen LogP contribution in [-0.2, 0) is 0 Å². The fourth-order valence-electron chi connectivity index (χ4n) is 1.86. The normalized spacial score (nSPS) is 10.2. The molecule has 2 aromatic rings. The summed E-state index contributed by atoms with van der Waals surface area (Å²) in [6.07, 6.45) is 0. The Kier molecular flexibility index (Phi) is 5.32. The Morgan fingerprint density at radius 1 is 0.826 bits per heavy atom. The third kappa shape index (κ3) is 3.86. The van der Waals surface area contributed by atoms with Gasteiger partial charge in [-0.25, -0.2) is 0 Å². The lowest BCUT2D eigenvalue weighted by Crippen LogP contribution is -3.61. The van der Waals surface area contributed by atoms with Gasteiger partial charge >= 0.3 is 32.6 Å². The summed E-state index contributed by atoms with van der Waals surface area (Å²) < 4.78 is 11.4. The molecule has 23 heavy (non-hydrogen) atoms. The van der Waals surface area contributed by atoms with E-state index in [1.165, 1.54) is 38.5 Å². The summed E-state index contributed by atoms with van der Waals surface area (Å²) in [5, 5.41) is 22.1. The van der Waals surface area contributed by atoms with Crippen LogP contribution in [0.4, 0.5) is 11.4 Å². The molecule has 0 aliphatic rings. The van der Waals surface area contributed by atoms with Crippen LogP contribution in [0.5, 0.6) is 11.5 Å². The summed E-state index contributed by atoms with van der Waals surface area (Å²) in [5.41, 5.74) is -0.236. The van der Waals surface area contributed by atoms with Crippen LogP contribution >= 0.6 is 0 Å². The molecule has 0 atom stereocenters. The lowest BCUT2D eigenvalue weighted by atomic mass is 10.3. The number of nitro benzene ring substituents is 2. The van der Waals surface area contributed by atoms with Gasteiger partial charge in [0.2, 0.25) is 7.14 Å². The van der Waals surface area contributed by atoms with E-state index in [1.807, 2.05) is 0 Å². The third-order valence-electron chi connectivity index (χ3n) is 2.89. The van der Waals surface area contributed by atoms with Crippen molar-refractivity contribution in [2.24, 2.45) is 0 Å². The number of hydrogen-bond acceptors (Lipinski definition) is 6. The van der Waals surface area contributed by atoms with E-state index in [0.717, 1.165) is 7.14 Å². The van der Waals surface area contributed by atoms with Gasteiger partial charge in [-0.2, -0.15) is 0 Å². The minimum Gasteiger partial charge on any atom is -0.490 e. The van der Waals surface area contributed by atoms with Crippen LogP contribution in [0.25, 0.3) is 0 Å². The highest BCUT2D eigenvalue weighted by atomic mass is 127. The summed E-state index contributed by atoms with van der Waals surface area (Å²) >= 11 is -0.812. The van der Waals surface area contributed by atoms with Gasteiger partial charge in [0.1, 0.15) is 0 Å². The van der Waals surface area contributed by atoms with Crippen molar-refractivity contribution in [2.45, 2.75) is 0 Å². The lowest BCUT2D eigenvalue weighted by Gasteiger charge is -2.00. The summed E-state index contributed by atoms with van der Waals surface area (Å²) in [4.78, 5) is 21.1. The summed E-state index contributed by atoms with van der Waals surface area (Å²) in [7, 11) is 2.73. The molecule has 0 spiro atoms. The Morgan fingerprint density at radius 2 is 1.22 bits per heavy atom. The molecule has 0 heterocycles. The molecule has 0 saturated carbocycles. The molecule has 120 valence electrons. The Hall–Kier alpha value is -2.43. The standard InChI is InChI=1S/C14H12IN2O6/c1-22-13-5-3-9(7-11(13)16(18)19)15-10-4-6-14(23-2)12(8-10)17(20)21/h3-8H,1-2H3/q+1. The van der Waals surface area contributed by atoms with Crippen molar-refractivity contribution in [3.63, 3.8) is 0 Å². The maximum absolute atomic E-state index is 11.0. The van der Waals surface area contributed by atoms with Crippen molar-refractivity contribution >= 4 is 11.4 Å². The van der Waals surface area contributed by atoms with Gasteiger partial charge in [0.05, 0.1) is 36.2 Å². The zero-order valence-corrected chi connectivity index (χ0v) is 14.3. The molecule has 0 unspecified atom stereocenters. The molecular formula is C14H12IN2O6+. The third-order valence-corrected chi connectivity index (χ3v) is 5.48. The maximum Gasteiger partial charge on any atom is 0.358 e. The smallest absolute Gasteiger partial charge is 0.358 e. The molecule has 8 nitrogen and oxygen atoms in total. The Morgan fingerprint density at radius 3 is 1.52 bits per heavy atom. The molecule has 0 radical (unpaired) electrons. The SMILES string of the molecule is COc1ccc([I+]c2ccc(OC)c([N+](=O)[O-])c2)cc1[N+](=O)[O-].